The third kappa shape index (κ3) is 1.72. The molecule has 0 aromatic carbocycles. The first-order valence-electron chi connectivity index (χ1n) is 4.66. The van der Waals surface area contributed by atoms with E-state index in [-0.39, 0.29) is 0 Å². The van der Waals surface area contributed by atoms with Gasteiger partial charge in [0.25, 0.3) is 0 Å². The van der Waals surface area contributed by atoms with Gasteiger partial charge in [-0.25, -0.2) is 0 Å². The highest BCUT2D eigenvalue weighted by Crippen LogP contribution is 2.34. The summed E-state index contributed by atoms with van der Waals surface area (Å²) in [7, 11) is 0. The van der Waals surface area contributed by atoms with Crippen molar-refractivity contribution in [1.82, 2.24) is 5.32 Å². The Labute approximate surface area is 64.2 Å². The molecule has 2 fully saturated rings. The molecule has 2 aliphatic rings. The van der Waals surface area contributed by atoms with Gasteiger partial charge in [-0.15, -0.1) is 0 Å². The van der Waals surface area contributed by atoms with Gasteiger partial charge in [-0.2, -0.15) is 0 Å². The molecular weight excluding hydrogens is 122 g/mol. The first-order valence-corrected chi connectivity index (χ1v) is 4.66. The molecule has 0 amide bonds. The fourth-order valence-corrected chi connectivity index (χ4v) is 1.71. The lowest BCUT2D eigenvalue weighted by atomic mass is 9.89. The van der Waals surface area contributed by atoms with Crippen LogP contribution >= 0.6 is 0 Å². The molecule has 1 saturated carbocycles. The lowest BCUT2D eigenvalue weighted by molar-refractivity contribution is 0.411. The number of hydrogen-bond donors (Lipinski definition) is 1. The third-order valence-electron chi connectivity index (χ3n) is 2.49. The van der Waals surface area contributed by atoms with E-state index in [1.54, 1.807) is 0 Å². The van der Waals surface area contributed by atoms with Crippen LogP contribution in [0.25, 0.3) is 0 Å². The van der Waals surface area contributed by atoms with Crippen molar-refractivity contribution < 1.29 is 0 Å². The second kappa shape index (κ2) is 3.38. The standard InChI is InChI=1S/C7H13N.C2H6/c1-2-4-7(5-3-1)6-8-7;1-2/h8H,1-6H2;1-2H3. The van der Waals surface area contributed by atoms with Crippen molar-refractivity contribution in [2.45, 2.75) is 51.5 Å². The van der Waals surface area contributed by atoms with Crippen molar-refractivity contribution in [1.29, 1.82) is 0 Å². The first-order chi connectivity index (χ1) is 4.91. The molecule has 0 atom stereocenters. The number of hydrogen-bond acceptors (Lipinski definition) is 1. The Morgan fingerprint density at radius 3 is 1.80 bits per heavy atom. The molecule has 10 heavy (non-hydrogen) atoms. The van der Waals surface area contributed by atoms with Crippen LogP contribution in [-0.4, -0.2) is 12.1 Å². The normalized spacial score (nSPS) is 27.0. The smallest absolute Gasteiger partial charge is 0.0307 e. The molecule has 60 valence electrons. The number of nitrogens with one attached hydrogen (secondary N) is 1. The van der Waals surface area contributed by atoms with Crippen molar-refractivity contribution in [3.63, 3.8) is 0 Å². The summed E-state index contributed by atoms with van der Waals surface area (Å²) in [5.74, 6) is 0. The van der Waals surface area contributed by atoms with Crippen molar-refractivity contribution in [3.05, 3.63) is 0 Å². The first kappa shape index (κ1) is 8.06. The van der Waals surface area contributed by atoms with E-state index in [2.05, 4.69) is 5.32 Å². The van der Waals surface area contributed by atoms with Crippen LogP contribution in [0, 0.1) is 0 Å². The van der Waals surface area contributed by atoms with Gasteiger partial charge in [0, 0.05) is 12.1 Å². The van der Waals surface area contributed by atoms with E-state index in [0.717, 1.165) is 0 Å². The minimum absolute atomic E-state index is 0.679. The summed E-state index contributed by atoms with van der Waals surface area (Å²) in [6.45, 7) is 5.31. The van der Waals surface area contributed by atoms with Crippen molar-refractivity contribution >= 4 is 0 Å². The molecule has 0 aromatic heterocycles. The van der Waals surface area contributed by atoms with Crippen LogP contribution in [0.2, 0.25) is 0 Å². The lowest BCUT2D eigenvalue weighted by Crippen LogP contribution is -2.18. The minimum atomic E-state index is 0.679. The summed E-state index contributed by atoms with van der Waals surface area (Å²) >= 11 is 0. The third-order valence-corrected chi connectivity index (χ3v) is 2.49. The molecule has 1 nitrogen and oxygen atoms in total. The Morgan fingerprint density at radius 2 is 1.50 bits per heavy atom. The SMILES string of the molecule is C1CCC2(CC1)CN2.CC. The summed E-state index contributed by atoms with van der Waals surface area (Å²) in [4.78, 5) is 0. The van der Waals surface area contributed by atoms with Crippen LogP contribution in [0.15, 0.2) is 0 Å². The molecule has 1 heterocycles. The Kier molecular flexibility index (Phi) is 2.72. The van der Waals surface area contributed by atoms with E-state index < -0.39 is 0 Å². The zero-order valence-electron chi connectivity index (χ0n) is 7.24. The maximum atomic E-state index is 3.45. The van der Waals surface area contributed by atoms with Crippen molar-refractivity contribution in [2.24, 2.45) is 0 Å². The van der Waals surface area contributed by atoms with Gasteiger partial charge in [0.1, 0.15) is 0 Å². The van der Waals surface area contributed by atoms with Crippen molar-refractivity contribution in [2.75, 3.05) is 6.54 Å². The van der Waals surface area contributed by atoms with Gasteiger partial charge in [-0.1, -0.05) is 33.1 Å². The molecule has 1 aliphatic heterocycles. The fourth-order valence-electron chi connectivity index (χ4n) is 1.71. The molecule has 1 N–H and O–H groups in total. The van der Waals surface area contributed by atoms with Crippen molar-refractivity contribution in [3.8, 4) is 0 Å². The van der Waals surface area contributed by atoms with Crippen LogP contribution in [0.3, 0.4) is 0 Å². The highest BCUT2D eigenvalue weighted by atomic mass is 15.2. The molecular formula is C9H19N. The predicted octanol–water partition coefficient (Wildman–Crippen LogP) is 2.32. The van der Waals surface area contributed by atoms with Gasteiger partial charge in [-0.3, -0.25) is 0 Å². The lowest BCUT2D eigenvalue weighted by Gasteiger charge is -2.18. The van der Waals surface area contributed by atoms with Gasteiger partial charge >= 0.3 is 0 Å². The van der Waals surface area contributed by atoms with E-state index in [1.165, 1.54) is 38.6 Å². The Bertz CT molecular complexity index is 86.9. The summed E-state index contributed by atoms with van der Waals surface area (Å²) in [6, 6.07) is 0. The van der Waals surface area contributed by atoms with Crippen LogP contribution in [0.5, 0.6) is 0 Å². The Morgan fingerprint density at radius 1 is 1.00 bits per heavy atom. The molecule has 1 aliphatic carbocycles. The van der Waals surface area contributed by atoms with E-state index in [4.69, 9.17) is 0 Å². The molecule has 0 aromatic rings. The molecule has 1 spiro atoms. The summed E-state index contributed by atoms with van der Waals surface area (Å²) < 4.78 is 0. The van der Waals surface area contributed by atoms with Gasteiger partial charge in [0.05, 0.1) is 0 Å². The van der Waals surface area contributed by atoms with Crippen LogP contribution in [0.1, 0.15) is 46.0 Å². The quantitative estimate of drug-likeness (QED) is 0.514. The summed E-state index contributed by atoms with van der Waals surface area (Å²) in [5.41, 5.74) is 0.679. The molecule has 0 bridgehead atoms. The number of rotatable bonds is 0. The average molecular weight is 141 g/mol. The Balaban J connectivity index is 0.000000231. The Hall–Kier alpha value is -0.0400. The van der Waals surface area contributed by atoms with Gasteiger partial charge < -0.3 is 5.32 Å². The molecule has 1 saturated heterocycles. The predicted molar refractivity (Wildman–Crippen MR) is 45.2 cm³/mol. The summed E-state index contributed by atoms with van der Waals surface area (Å²) in [6.07, 6.45) is 7.31. The molecule has 0 radical (unpaired) electrons. The molecule has 0 unspecified atom stereocenters. The van der Waals surface area contributed by atoms with Gasteiger partial charge in [-0.05, 0) is 12.8 Å². The van der Waals surface area contributed by atoms with E-state index in [1.807, 2.05) is 13.8 Å². The maximum Gasteiger partial charge on any atom is 0.0307 e. The minimum Gasteiger partial charge on any atom is -0.308 e. The zero-order chi connectivity index (χ0) is 7.45. The highest BCUT2D eigenvalue weighted by molar-refractivity contribution is 5.04. The van der Waals surface area contributed by atoms with Crippen LogP contribution in [-0.2, 0) is 0 Å². The average Bonchev–Trinajstić information content (AvgIpc) is 2.75. The highest BCUT2D eigenvalue weighted by Gasteiger charge is 2.41. The molecule has 2 rings (SSSR count). The topological polar surface area (TPSA) is 21.9 Å². The zero-order valence-corrected chi connectivity index (χ0v) is 7.24. The molecule has 1 heteroatoms. The van der Waals surface area contributed by atoms with E-state index in [9.17, 15) is 0 Å². The van der Waals surface area contributed by atoms with Gasteiger partial charge in [0.15, 0.2) is 0 Å². The monoisotopic (exact) mass is 141 g/mol. The maximum absolute atomic E-state index is 3.45. The van der Waals surface area contributed by atoms with Crippen LogP contribution in [0.4, 0.5) is 0 Å². The fraction of sp³-hybridized carbons (Fsp3) is 1.00. The van der Waals surface area contributed by atoms with E-state index >= 15 is 0 Å². The second-order valence-corrected chi connectivity index (χ2v) is 3.19. The van der Waals surface area contributed by atoms with E-state index in [0.29, 0.717) is 5.54 Å². The summed E-state index contributed by atoms with van der Waals surface area (Å²) in [5, 5.41) is 3.45. The second-order valence-electron chi connectivity index (χ2n) is 3.19. The van der Waals surface area contributed by atoms with Crippen LogP contribution < -0.4 is 5.32 Å². The largest absolute Gasteiger partial charge is 0.308 e. The van der Waals surface area contributed by atoms with Gasteiger partial charge in [0.2, 0.25) is 0 Å².